The average Bonchev–Trinajstić information content (AvgIpc) is 2.47. The average molecular weight is 360 g/mol. The van der Waals surface area contributed by atoms with E-state index >= 15 is 0 Å². The number of ether oxygens (including phenoxy) is 1. The number of fused-ring (bicyclic) bond motifs is 1. The summed E-state index contributed by atoms with van der Waals surface area (Å²) in [7, 11) is 1.71. The van der Waals surface area contributed by atoms with Gasteiger partial charge in [0.05, 0.1) is 7.11 Å². The van der Waals surface area contributed by atoms with Gasteiger partial charge in [-0.05, 0) is 57.1 Å². The highest BCUT2D eigenvalue weighted by molar-refractivity contribution is 14.1. The predicted octanol–water partition coefficient (Wildman–Crippen LogP) is 5.12. The van der Waals surface area contributed by atoms with Gasteiger partial charge in [0.15, 0.2) is 0 Å². The maximum absolute atomic E-state index is 5.35. The Labute approximate surface area is 126 Å². The maximum Gasteiger partial charge on any atom is 0.119 e. The molecule has 0 amide bonds. The lowest BCUT2D eigenvalue weighted by molar-refractivity contribution is 0.415. The minimum atomic E-state index is 0.895. The molecule has 0 bridgehead atoms. The van der Waals surface area contributed by atoms with Crippen LogP contribution in [0.4, 0.5) is 0 Å². The summed E-state index contributed by atoms with van der Waals surface area (Å²) in [5, 5.41) is 2.47. The quantitative estimate of drug-likeness (QED) is 0.577. The molecule has 3 rings (SSSR count). The molecule has 3 aromatic rings. The molecule has 0 spiro atoms. The number of methoxy groups -OCH3 is 1. The molecule has 0 atom stereocenters. The maximum atomic E-state index is 5.35. The van der Waals surface area contributed by atoms with E-state index in [1.807, 2.05) is 12.1 Å². The highest BCUT2D eigenvalue weighted by atomic mass is 127. The van der Waals surface area contributed by atoms with Crippen molar-refractivity contribution in [2.75, 3.05) is 7.11 Å². The van der Waals surface area contributed by atoms with Gasteiger partial charge < -0.3 is 4.74 Å². The van der Waals surface area contributed by atoms with Crippen molar-refractivity contribution in [3.05, 3.63) is 64.2 Å². The van der Waals surface area contributed by atoms with Crippen molar-refractivity contribution in [1.82, 2.24) is 0 Å². The molecule has 3 aromatic carbocycles. The van der Waals surface area contributed by atoms with Crippen LogP contribution < -0.4 is 4.74 Å². The molecule has 1 nitrogen and oxygen atoms in total. The number of hydrogen-bond acceptors (Lipinski definition) is 1. The van der Waals surface area contributed by atoms with Gasteiger partial charge in [-0.25, -0.2) is 0 Å². The summed E-state index contributed by atoms with van der Waals surface area (Å²) in [6, 6.07) is 21.0. The molecule has 19 heavy (non-hydrogen) atoms. The van der Waals surface area contributed by atoms with Crippen molar-refractivity contribution in [3.63, 3.8) is 0 Å². The predicted molar refractivity (Wildman–Crippen MR) is 88.7 cm³/mol. The van der Waals surface area contributed by atoms with Crippen LogP contribution >= 0.6 is 22.6 Å². The zero-order valence-electron chi connectivity index (χ0n) is 10.6. The minimum absolute atomic E-state index is 0.895. The monoisotopic (exact) mass is 360 g/mol. The third-order valence-corrected chi connectivity index (χ3v) is 4.14. The fraction of sp³-hybridized carbons (Fsp3) is 0.0588. The SMILES string of the molecule is COc1ccc2ccc(I)c(-c3ccccc3)c2c1. The van der Waals surface area contributed by atoms with Crippen molar-refractivity contribution < 1.29 is 4.74 Å². The molecule has 0 aliphatic heterocycles. The minimum Gasteiger partial charge on any atom is -0.497 e. The van der Waals surface area contributed by atoms with Gasteiger partial charge in [-0.15, -0.1) is 0 Å². The van der Waals surface area contributed by atoms with E-state index in [2.05, 4.69) is 71.1 Å². The third kappa shape index (κ3) is 2.32. The van der Waals surface area contributed by atoms with E-state index < -0.39 is 0 Å². The lowest BCUT2D eigenvalue weighted by atomic mass is 9.98. The van der Waals surface area contributed by atoms with Crippen LogP contribution in [0.15, 0.2) is 60.7 Å². The van der Waals surface area contributed by atoms with Crippen LogP contribution in [0.5, 0.6) is 5.75 Å². The van der Waals surface area contributed by atoms with Gasteiger partial charge in [0.25, 0.3) is 0 Å². The summed E-state index contributed by atoms with van der Waals surface area (Å²) in [6.45, 7) is 0. The third-order valence-electron chi connectivity index (χ3n) is 3.24. The lowest BCUT2D eigenvalue weighted by Crippen LogP contribution is -1.88. The Balaban J connectivity index is 2.35. The van der Waals surface area contributed by atoms with Gasteiger partial charge in [0.2, 0.25) is 0 Å². The van der Waals surface area contributed by atoms with Crippen molar-refractivity contribution in [3.8, 4) is 16.9 Å². The Morgan fingerprint density at radius 3 is 2.37 bits per heavy atom. The Morgan fingerprint density at radius 1 is 0.895 bits per heavy atom. The molecule has 0 aliphatic rings. The van der Waals surface area contributed by atoms with E-state index in [9.17, 15) is 0 Å². The molecule has 0 saturated heterocycles. The second-order valence-electron chi connectivity index (χ2n) is 4.38. The van der Waals surface area contributed by atoms with Crippen LogP contribution in [0.25, 0.3) is 21.9 Å². The van der Waals surface area contributed by atoms with Gasteiger partial charge in [-0.1, -0.05) is 42.5 Å². The molecule has 0 heterocycles. The summed E-state index contributed by atoms with van der Waals surface area (Å²) in [5.41, 5.74) is 2.52. The number of benzene rings is 3. The molecule has 0 saturated carbocycles. The summed E-state index contributed by atoms with van der Waals surface area (Å²) >= 11 is 2.39. The van der Waals surface area contributed by atoms with Gasteiger partial charge in [0.1, 0.15) is 5.75 Å². The summed E-state index contributed by atoms with van der Waals surface area (Å²) in [5.74, 6) is 0.895. The summed E-state index contributed by atoms with van der Waals surface area (Å²) in [6.07, 6.45) is 0. The number of halogens is 1. The summed E-state index contributed by atoms with van der Waals surface area (Å²) < 4.78 is 6.60. The Hall–Kier alpha value is -1.55. The first-order valence-corrected chi connectivity index (χ1v) is 7.19. The van der Waals surface area contributed by atoms with Crippen molar-refractivity contribution in [1.29, 1.82) is 0 Å². The van der Waals surface area contributed by atoms with Crippen molar-refractivity contribution in [2.24, 2.45) is 0 Å². The Morgan fingerprint density at radius 2 is 1.63 bits per heavy atom. The van der Waals surface area contributed by atoms with Crippen molar-refractivity contribution in [2.45, 2.75) is 0 Å². The highest BCUT2D eigenvalue weighted by Gasteiger charge is 2.08. The zero-order chi connectivity index (χ0) is 13.2. The smallest absolute Gasteiger partial charge is 0.119 e. The summed E-state index contributed by atoms with van der Waals surface area (Å²) in [4.78, 5) is 0. The molecule has 0 radical (unpaired) electrons. The number of rotatable bonds is 2. The van der Waals surface area contributed by atoms with Crippen LogP contribution in [0.3, 0.4) is 0 Å². The van der Waals surface area contributed by atoms with Crippen molar-refractivity contribution >= 4 is 33.4 Å². The normalized spacial score (nSPS) is 10.6. The largest absolute Gasteiger partial charge is 0.497 e. The molecule has 0 aromatic heterocycles. The van der Waals surface area contributed by atoms with E-state index in [1.54, 1.807) is 7.11 Å². The fourth-order valence-electron chi connectivity index (χ4n) is 2.30. The lowest BCUT2D eigenvalue weighted by Gasteiger charge is -2.11. The van der Waals surface area contributed by atoms with Gasteiger partial charge >= 0.3 is 0 Å². The van der Waals surface area contributed by atoms with E-state index in [-0.39, 0.29) is 0 Å². The van der Waals surface area contributed by atoms with Gasteiger partial charge in [-0.2, -0.15) is 0 Å². The first-order valence-electron chi connectivity index (χ1n) is 6.11. The topological polar surface area (TPSA) is 9.23 Å². The van der Waals surface area contributed by atoms with E-state index in [1.165, 1.54) is 25.5 Å². The van der Waals surface area contributed by atoms with Gasteiger partial charge in [-0.3, -0.25) is 0 Å². The fourth-order valence-corrected chi connectivity index (χ4v) is 3.08. The van der Waals surface area contributed by atoms with Crippen LogP contribution in [0.1, 0.15) is 0 Å². The molecule has 0 aliphatic carbocycles. The first kappa shape index (κ1) is 12.5. The van der Waals surface area contributed by atoms with Crippen LogP contribution in [-0.2, 0) is 0 Å². The van der Waals surface area contributed by atoms with Crippen LogP contribution in [0, 0.1) is 3.57 Å². The molecule has 0 N–H and O–H groups in total. The molecule has 0 fully saturated rings. The van der Waals surface area contributed by atoms with E-state index in [4.69, 9.17) is 4.74 Å². The standard InChI is InChI=1S/C17H13IO/c1-19-14-9-7-12-8-10-16(18)17(15(12)11-14)13-5-3-2-4-6-13/h2-11H,1H3. The van der Waals surface area contributed by atoms with Gasteiger partial charge in [0, 0.05) is 9.13 Å². The second kappa shape index (κ2) is 5.21. The Bertz CT molecular complexity index is 720. The number of hydrogen-bond donors (Lipinski definition) is 0. The molecule has 94 valence electrons. The first-order chi connectivity index (χ1) is 9.29. The highest BCUT2D eigenvalue weighted by Crippen LogP contribution is 2.34. The van der Waals surface area contributed by atoms with E-state index in [0.29, 0.717) is 0 Å². The zero-order valence-corrected chi connectivity index (χ0v) is 12.7. The Kier molecular flexibility index (Phi) is 3.42. The molecule has 2 heteroatoms. The van der Waals surface area contributed by atoms with Crippen LogP contribution in [-0.4, -0.2) is 7.11 Å². The van der Waals surface area contributed by atoms with Crippen LogP contribution in [0.2, 0.25) is 0 Å². The second-order valence-corrected chi connectivity index (χ2v) is 5.54. The molecule has 0 unspecified atom stereocenters. The molecular formula is C17H13IO. The van der Waals surface area contributed by atoms with E-state index in [0.717, 1.165) is 5.75 Å². The molecular weight excluding hydrogens is 347 g/mol.